The van der Waals surface area contributed by atoms with Crippen molar-refractivity contribution < 1.29 is 16.8 Å². The van der Waals surface area contributed by atoms with Crippen molar-refractivity contribution in [2.75, 3.05) is 13.1 Å². The first-order valence-electron chi connectivity index (χ1n) is 9.95. The van der Waals surface area contributed by atoms with Crippen LogP contribution in [0.1, 0.15) is 36.8 Å². The molecule has 1 saturated heterocycles. The van der Waals surface area contributed by atoms with Crippen LogP contribution in [0.4, 0.5) is 0 Å². The van der Waals surface area contributed by atoms with Crippen LogP contribution in [0, 0.1) is 13.8 Å². The summed E-state index contributed by atoms with van der Waals surface area (Å²) in [5.41, 5.74) is 1.80. The van der Waals surface area contributed by atoms with Gasteiger partial charge in [0, 0.05) is 24.2 Å². The minimum Gasteiger partial charge on any atom is -0.211 e. The molecular formula is C21H27ClN2O4S2. The van der Waals surface area contributed by atoms with E-state index in [1.807, 2.05) is 6.92 Å². The zero-order valence-corrected chi connectivity index (χ0v) is 19.5. The van der Waals surface area contributed by atoms with Crippen LogP contribution in [0.5, 0.6) is 0 Å². The number of hydrogen-bond acceptors (Lipinski definition) is 4. The molecule has 0 saturated carbocycles. The van der Waals surface area contributed by atoms with E-state index < -0.39 is 20.0 Å². The Morgan fingerprint density at radius 1 is 1.00 bits per heavy atom. The molecule has 2 aromatic rings. The highest BCUT2D eigenvalue weighted by atomic mass is 35.5. The first-order chi connectivity index (χ1) is 14.1. The second-order valence-electron chi connectivity index (χ2n) is 7.68. The van der Waals surface area contributed by atoms with Crippen molar-refractivity contribution in [2.24, 2.45) is 0 Å². The summed E-state index contributed by atoms with van der Waals surface area (Å²) in [6, 6.07) is 11.2. The summed E-state index contributed by atoms with van der Waals surface area (Å²) in [6.07, 6.45) is 2.84. The van der Waals surface area contributed by atoms with E-state index in [9.17, 15) is 16.8 Å². The van der Waals surface area contributed by atoms with Crippen molar-refractivity contribution in [3.05, 3.63) is 58.6 Å². The highest BCUT2D eigenvalue weighted by Gasteiger charge is 2.33. The van der Waals surface area contributed by atoms with Gasteiger partial charge in [0.2, 0.25) is 20.0 Å². The fourth-order valence-corrected chi connectivity index (χ4v) is 6.65. The Balaban J connectivity index is 1.70. The van der Waals surface area contributed by atoms with Gasteiger partial charge in [-0.25, -0.2) is 21.6 Å². The van der Waals surface area contributed by atoms with E-state index in [0.717, 1.165) is 24.0 Å². The topological polar surface area (TPSA) is 83.6 Å². The number of sulfonamides is 2. The van der Waals surface area contributed by atoms with Crippen LogP contribution in [0.2, 0.25) is 5.02 Å². The van der Waals surface area contributed by atoms with Crippen LogP contribution in [0.3, 0.4) is 0 Å². The van der Waals surface area contributed by atoms with Gasteiger partial charge in [-0.15, -0.1) is 0 Å². The molecular weight excluding hydrogens is 444 g/mol. The Morgan fingerprint density at radius 2 is 1.67 bits per heavy atom. The Morgan fingerprint density at radius 3 is 2.33 bits per heavy atom. The molecule has 2 aromatic carbocycles. The van der Waals surface area contributed by atoms with Gasteiger partial charge in [-0.1, -0.05) is 41.8 Å². The van der Waals surface area contributed by atoms with E-state index >= 15 is 0 Å². The molecule has 1 heterocycles. The van der Waals surface area contributed by atoms with Crippen molar-refractivity contribution in [3.8, 4) is 0 Å². The SMILES string of the molecule is Cc1ccc(S(=O)(=O)N2CCCCC2CCNS(=O)(=O)c2ccc(C)c(Cl)c2)cc1. The van der Waals surface area contributed by atoms with E-state index in [1.165, 1.54) is 16.4 Å². The monoisotopic (exact) mass is 470 g/mol. The fourth-order valence-electron chi connectivity index (χ4n) is 3.61. The lowest BCUT2D eigenvalue weighted by molar-refractivity contribution is 0.242. The molecule has 0 aromatic heterocycles. The number of nitrogens with zero attached hydrogens (tertiary/aromatic N) is 1. The van der Waals surface area contributed by atoms with Crippen LogP contribution < -0.4 is 4.72 Å². The molecule has 0 radical (unpaired) electrons. The summed E-state index contributed by atoms with van der Waals surface area (Å²) in [4.78, 5) is 0.376. The molecule has 0 aliphatic carbocycles. The number of halogens is 1. The van der Waals surface area contributed by atoms with Gasteiger partial charge in [0.25, 0.3) is 0 Å². The molecule has 164 valence electrons. The van der Waals surface area contributed by atoms with Gasteiger partial charge < -0.3 is 0 Å². The quantitative estimate of drug-likeness (QED) is 0.665. The Labute approximate surface area is 184 Å². The molecule has 1 atom stereocenters. The molecule has 1 aliphatic heterocycles. The summed E-state index contributed by atoms with van der Waals surface area (Å²) < 4.78 is 55.5. The number of nitrogens with one attached hydrogen (secondary N) is 1. The minimum absolute atomic E-state index is 0.103. The highest BCUT2D eigenvalue weighted by Crippen LogP contribution is 2.27. The maximum Gasteiger partial charge on any atom is 0.243 e. The number of rotatable bonds is 7. The summed E-state index contributed by atoms with van der Waals surface area (Å²) in [5.74, 6) is 0. The lowest BCUT2D eigenvalue weighted by Crippen LogP contribution is -2.45. The number of piperidine rings is 1. The molecule has 1 unspecified atom stereocenters. The number of benzene rings is 2. The summed E-state index contributed by atoms with van der Waals surface area (Å²) in [5, 5.41) is 0.389. The lowest BCUT2D eigenvalue weighted by Gasteiger charge is -2.34. The molecule has 0 amide bonds. The lowest BCUT2D eigenvalue weighted by atomic mass is 10.0. The van der Waals surface area contributed by atoms with Crippen molar-refractivity contribution in [3.63, 3.8) is 0 Å². The number of hydrogen-bond donors (Lipinski definition) is 1. The van der Waals surface area contributed by atoms with Crippen molar-refractivity contribution in [1.29, 1.82) is 0 Å². The Kier molecular flexibility index (Phi) is 7.24. The van der Waals surface area contributed by atoms with Crippen molar-refractivity contribution in [2.45, 2.75) is 55.4 Å². The Bertz CT molecular complexity index is 1100. The summed E-state index contributed by atoms with van der Waals surface area (Å²) in [6.45, 7) is 4.31. The van der Waals surface area contributed by atoms with Crippen LogP contribution in [0.25, 0.3) is 0 Å². The molecule has 1 fully saturated rings. The van der Waals surface area contributed by atoms with E-state index in [2.05, 4.69) is 4.72 Å². The van der Waals surface area contributed by atoms with Gasteiger partial charge in [0.1, 0.15) is 0 Å². The molecule has 1 N–H and O–H groups in total. The van der Waals surface area contributed by atoms with Gasteiger partial charge in [0.15, 0.2) is 0 Å². The van der Waals surface area contributed by atoms with Gasteiger partial charge in [-0.05, 0) is 62.9 Å². The normalized spacial score (nSPS) is 18.4. The maximum absolute atomic E-state index is 13.1. The molecule has 3 rings (SSSR count). The molecule has 1 aliphatic rings. The van der Waals surface area contributed by atoms with Crippen LogP contribution in [-0.2, 0) is 20.0 Å². The van der Waals surface area contributed by atoms with Crippen LogP contribution >= 0.6 is 11.6 Å². The number of aryl methyl sites for hydroxylation is 2. The predicted molar refractivity (Wildman–Crippen MR) is 119 cm³/mol. The van der Waals surface area contributed by atoms with Gasteiger partial charge >= 0.3 is 0 Å². The molecule has 30 heavy (non-hydrogen) atoms. The summed E-state index contributed by atoms with van der Waals surface area (Å²) >= 11 is 6.05. The van der Waals surface area contributed by atoms with Crippen LogP contribution in [0.15, 0.2) is 52.3 Å². The average Bonchev–Trinajstić information content (AvgIpc) is 2.70. The first kappa shape index (κ1) is 23.2. The maximum atomic E-state index is 13.1. The van der Waals surface area contributed by atoms with Gasteiger partial charge in [-0.3, -0.25) is 0 Å². The highest BCUT2D eigenvalue weighted by molar-refractivity contribution is 7.89. The second kappa shape index (κ2) is 9.36. The van der Waals surface area contributed by atoms with Crippen molar-refractivity contribution >= 4 is 31.6 Å². The minimum atomic E-state index is -3.71. The first-order valence-corrected chi connectivity index (χ1v) is 13.3. The third-order valence-corrected chi connectivity index (χ3v) is 9.26. The molecule has 0 spiro atoms. The zero-order chi connectivity index (χ0) is 21.9. The zero-order valence-electron chi connectivity index (χ0n) is 17.1. The van der Waals surface area contributed by atoms with E-state index in [-0.39, 0.29) is 22.4 Å². The predicted octanol–water partition coefficient (Wildman–Crippen LogP) is 3.87. The molecule has 0 bridgehead atoms. The average molecular weight is 471 g/mol. The third kappa shape index (κ3) is 5.23. The van der Waals surface area contributed by atoms with Crippen molar-refractivity contribution in [1.82, 2.24) is 9.03 Å². The van der Waals surface area contributed by atoms with Crippen LogP contribution in [-0.4, -0.2) is 40.3 Å². The smallest absolute Gasteiger partial charge is 0.211 e. The third-order valence-electron chi connectivity index (χ3n) is 5.42. The van der Waals surface area contributed by atoms with E-state index in [1.54, 1.807) is 37.3 Å². The van der Waals surface area contributed by atoms with Gasteiger partial charge in [0.05, 0.1) is 9.79 Å². The van der Waals surface area contributed by atoms with E-state index in [0.29, 0.717) is 24.4 Å². The van der Waals surface area contributed by atoms with E-state index in [4.69, 9.17) is 11.6 Å². The molecule has 6 nitrogen and oxygen atoms in total. The fraction of sp³-hybridized carbons (Fsp3) is 0.429. The Hall–Kier alpha value is -1.45. The summed E-state index contributed by atoms with van der Waals surface area (Å²) in [7, 11) is -7.33. The standard InChI is InChI=1S/C21H27ClN2O4S2/c1-16-6-9-19(10-7-16)30(27,28)24-14-4-3-5-18(24)12-13-23-29(25,26)20-11-8-17(2)21(22)15-20/h6-11,15,18,23H,3-5,12-14H2,1-2H3. The molecule has 9 heteroatoms. The largest absolute Gasteiger partial charge is 0.243 e. The van der Waals surface area contributed by atoms with Gasteiger partial charge in [-0.2, -0.15) is 4.31 Å². The second-order valence-corrected chi connectivity index (χ2v) is 11.7.